The minimum atomic E-state index is -0.138. The van der Waals surface area contributed by atoms with Crippen molar-refractivity contribution in [3.05, 3.63) is 33.1 Å². The first kappa shape index (κ1) is 20.3. The summed E-state index contributed by atoms with van der Waals surface area (Å²) in [6.45, 7) is 3.76. The van der Waals surface area contributed by atoms with Gasteiger partial charge >= 0.3 is 0 Å². The lowest BCUT2D eigenvalue weighted by atomic mass is 10.1. The Balaban J connectivity index is 2.10. The van der Waals surface area contributed by atoms with E-state index >= 15 is 0 Å². The first-order valence-electron chi connectivity index (χ1n) is 8.32. The molecule has 0 saturated heterocycles. The van der Waals surface area contributed by atoms with Crippen LogP contribution in [0.15, 0.2) is 18.2 Å². The van der Waals surface area contributed by atoms with Crippen LogP contribution >= 0.6 is 34.5 Å². The number of nitrogen functional groups attached to an aromatic ring is 1. The van der Waals surface area contributed by atoms with Crippen molar-refractivity contribution in [3.63, 3.8) is 0 Å². The van der Waals surface area contributed by atoms with Crippen molar-refractivity contribution in [3.8, 4) is 11.3 Å². The van der Waals surface area contributed by atoms with Gasteiger partial charge in [0.2, 0.25) is 11.9 Å². The molecule has 0 unspecified atom stereocenters. The smallest absolute Gasteiger partial charge is 0.224 e. The molecule has 28 heavy (non-hydrogen) atoms. The third-order valence-electron chi connectivity index (χ3n) is 3.88. The Bertz CT molecular complexity index is 1080. The van der Waals surface area contributed by atoms with Crippen LogP contribution in [0.25, 0.3) is 21.5 Å². The predicted octanol–water partition coefficient (Wildman–Crippen LogP) is 4.00. The third-order valence-corrected chi connectivity index (χ3v) is 5.82. The number of carbonyl (C=O) groups excluding carboxylic acids is 2. The molecule has 1 amide bonds. The van der Waals surface area contributed by atoms with E-state index < -0.39 is 0 Å². The highest BCUT2D eigenvalue weighted by atomic mass is 35.5. The summed E-state index contributed by atoms with van der Waals surface area (Å²) in [4.78, 5) is 33.0. The molecular formula is C18H17Cl2N5O2S. The molecule has 146 valence electrons. The number of hydrogen-bond donors (Lipinski definition) is 3. The molecule has 0 atom stereocenters. The van der Waals surface area contributed by atoms with Crippen molar-refractivity contribution in [2.24, 2.45) is 0 Å². The van der Waals surface area contributed by atoms with Gasteiger partial charge in [0, 0.05) is 32.5 Å². The number of anilines is 2. The zero-order chi connectivity index (χ0) is 20.4. The number of halogens is 2. The zero-order valence-electron chi connectivity index (χ0n) is 15.1. The topological polar surface area (TPSA) is 110 Å². The van der Waals surface area contributed by atoms with Gasteiger partial charge in [-0.25, -0.2) is 9.97 Å². The van der Waals surface area contributed by atoms with Gasteiger partial charge in [-0.15, -0.1) is 11.3 Å². The first-order valence-corrected chi connectivity index (χ1v) is 9.90. The van der Waals surface area contributed by atoms with E-state index in [9.17, 15) is 9.59 Å². The van der Waals surface area contributed by atoms with Gasteiger partial charge in [0.1, 0.15) is 4.83 Å². The summed E-state index contributed by atoms with van der Waals surface area (Å²) in [7, 11) is 0. The lowest BCUT2D eigenvalue weighted by Gasteiger charge is -2.10. The SMILES string of the molecule is CC(=O)NCCNc1nc(-c2ccc(Cl)c(Cl)c2)c2c(N)c(C(C)=O)sc2n1. The van der Waals surface area contributed by atoms with Crippen LogP contribution in [0.3, 0.4) is 0 Å². The minimum absolute atomic E-state index is 0.119. The number of nitrogens with zero attached hydrogens (tertiary/aromatic N) is 2. The van der Waals surface area contributed by atoms with Crippen LogP contribution in [-0.4, -0.2) is 34.7 Å². The zero-order valence-corrected chi connectivity index (χ0v) is 17.4. The van der Waals surface area contributed by atoms with Gasteiger partial charge in [-0.05, 0) is 12.1 Å². The molecule has 0 aliphatic rings. The Morgan fingerprint density at radius 1 is 1.14 bits per heavy atom. The van der Waals surface area contributed by atoms with Gasteiger partial charge < -0.3 is 16.4 Å². The standard InChI is InChI=1S/C18H17Cl2N5O2S/c1-8(26)16-14(21)13-15(10-3-4-11(19)12(20)7-10)24-18(25-17(13)28-16)23-6-5-22-9(2)27/h3-4,7H,5-6,21H2,1-2H3,(H,22,27)(H,23,24,25). The van der Waals surface area contributed by atoms with Gasteiger partial charge in [0.15, 0.2) is 5.78 Å². The maximum atomic E-state index is 11.9. The summed E-state index contributed by atoms with van der Waals surface area (Å²) in [6, 6.07) is 5.14. The van der Waals surface area contributed by atoms with Crippen molar-refractivity contribution >= 4 is 68.1 Å². The molecule has 0 saturated carbocycles. The van der Waals surface area contributed by atoms with E-state index in [1.807, 2.05) is 0 Å². The molecule has 1 aromatic carbocycles. The Morgan fingerprint density at radius 2 is 1.89 bits per heavy atom. The molecule has 4 N–H and O–H groups in total. The molecule has 7 nitrogen and oxygen atoms in total. The van der Waals surface area contributed by atoms with Gasteiger partial charge in [-0.2, -0.15) is 0 Å². The summed E-state index contributed by atoms with van der Waals surface area (Å²) in [5.74, 6) is 0.0998. The molecule has 3 rings (SSSR count). The molecule has 0 bridgehead atoms. The maximum Gasteiger partial charge on any atom is 0.224 e. The van der Waals surface area contributed by atoms with Crippen LogP contribution in [0.5, 0.6) is 0 Å². The molecule has 0 aliphatic heterocycles. The Labute approximate surface area is 175 Å². The van der Waals surface area contributed by atoms with E-state index in [4.69, 9.17) is 28.9 Å². The minimum Gasteiger partial charge on any atom is -0.397 e. The molecule has 10 heteroatoms. The Kier molecular flexibility index (Phi) is 6.02. The van der Waals surface area contributed by atoms with E-state index in [2.05, 4.69) is 20.6 Å². The number of rotatable bonds is 6. The van der Waals surface area contributed by atoms with E-state index in [0.717, 1.165) is 0 Å². The van der Waals surface area contributed by atoms with Crippen LogP contribution < -0.4 is 16.4 Å². The van der Waals surface area contributed by atoms with E-state index in [1.54, 1.807) is 18.2 Å². The number of thiophene rings is 1. The van der Waals surface area contributed by atoms with Gasteiger partial charge in [-0.3, -0.25) is 9.59 Å². The molecule has 0 fully saturated rings. The quantitative estimate of drug-likeness (QED) is 0.397. The average Bonchev–Trinajstić information content (AvgIpc) is 2.97. The average molecular weight is 438 g/mol. The number of hydrogen-bond acceptors (Lipinski definition) is 7. The molecule has 0 spiro atoms. The second-order valence-electron chi connectivity index (χ2n) is 6.02. The number of carbonyl (C=O) groups is 2. The number of fused-ring (bicyclic) bond motifs is 1. The highest BCUT2D eigenvalue weighted by Crippen LogP contribution is 2.40. The van der Waals surface area contributed by atoms with Crippen LogP contribution in [-0.2, 0) is 4.79 Å². The second-order valence-corrected chi connectivity index (χ2v) is 7.83. The molecule has 3 aromatic rings. The van der Waals surface area contributed by atoms with Gasteiger partial charge in [-0.1, -0.05) is 29.3 Å². The summed E-state index contributed by atoms with van der Waals surface area (Å²) in [5.41, 5.74) is 7.83. The third kappa shape index (κ3) is 4.19. The lowest BCUT2D eigenvalue weighted by molar-refractivity contribution is -0.118. The second kappa shape index (κ2) is 8.30. The number of nitrogens with one attached hydrogen (secondary N) is 2. The molecular weight excluding hydrogens is 421 g/mol. The lowest BCUT2D eigenvalue weighted by Crippen LogP contribution is -2.26. The highest BCUT2D eigenvalue weighted by molar-refractivity contribution is 7.21. The summed E-state index contributed by atoms with van der Waals surface area (Å²) in [5, 5.41) is 7.16. The summed E-state index contributed by atoms with van der Waals surface area (Å²) >= 11 is 13.4. The fourth-order valence-electron chi connectivity index (χ4n) is 2.63. The summed E-state index contributed by atoms with van der Waals surface area (Å²) < 4.78 is 0. The van der Waals surface area contributed by atoms with Gasteiger partial charge in [0.05, 0.1) is 31.7 Å². The Hall–Kier alpha value is -2.42. The van der Waals surface area contributed by atoms with E-state index in [1.165, 1.54) is 25.2 Å². The van der Waals surface area contributed by atoms with Crippen LogP contribution in [0, 0.1) is 0 Å². The van der Waals surface area contributed by atoms with Crippen LogP contribution in [0.4, 0.5) is 11.6 Å². The fraction of sp³-hybridized carbons (Fsp3) is 0.222. The first-order chi connectivity index (χ1) is 13.3. The van der Waals surface area contributed by atoms with E-state index in [-0.39, 0.29) is 11.7 Å². The predicted molar refractivity (Wildman–Crippen MR) is 114 cm³/mol. The fourth-order valence-corrected chi connectivity index (χ4v) is 3.92. The van der Waals surface area contributed by atoms with Crippen molar-refractivity contribution in [1.29, 1.82) is 0 Å². The van der Waals surface area contributed by atoms with Crippen molar-refractivity contribution in [2.75, 3.05) is 24.1 Å². The molecule has 0 aliphatic carbocycles. The number of Topliss-reactive ketones (excluding diaryl/α,β-unsaturated/α-hetero) is 1. The normalized spacial score (nSPS) is 10.9. The van der Waals surface area contributed by atoms with Gasteiger partial charge in [0.25, 0.3) is 0 Å². The van der Waals surface area contributed by atoms with Crippen molar-refractivity contribution in [1.82, 2.24) is 15.3 Å². The molecule has 2 heterocycles. The molecule has 0 radical (unpaired) electrons. The van der Waals surface area contributed by atoms with Crippen LogP contribution in [0.2, 0.25) is 10.0 Å². The highest BCUT2D eigenvalue weighted by Gasteiger charge is 2.20. The van der Waals surface area contributed by atoms with Crippen LogP contribution in [0.1, 0.15) is 23.5 Å². The number of amides is 1. The number of nitrogens with two attached hydrogens (primary N) is 1. The largest absolute Gasteiger partial charge is 0.397 e. The summed E-state index contributed by atoms with van der Waals surface area (Å²) in [6.07, 6.45) is 0. The Morgan fingerprint density at radius 3 is 2.54 bits per heavy atom. The number of aromatic nitrogens is 2. The monoisotopic (exact) mass is 437 g/mol. The van der Waals surface area contributed by atoms with Crippen molar-refractivity contribution < 1.29 is 9.59 Å². The number of benzene rings is 1. The molecule has 2 aromatic heterocycles. The maximum absolute atomic E-state index is 11.9. The number of ketones is 1. The van der Waals surface area contributed by atoms with E-state index in [0.29, 0.717) is 61.1 Å². The van der Waals surface area contributed by atoms with Crippen molar-refractivity contribution in [2.45, 2.75) is 13.8 Å².